The van der Waals surface area contributed by atoms with Crippen LogP contribution in [0.5, 0.6) is 0 Å². The first-order chi connectivity index (χ1) is 15.8. The molecule has 3 aromatic carbocycles. The number of halogens is 1. The van der Waals surface area contributed by atoms with Crippen LogP contribution in [0.4, 0.5) is 17.1 Å². The zero-order valence-corrected chi connectivity index (χ0v) is 18.9. The smallest absolute Gasteiger partial charge is 0.294 e. The highest BCUT2D eigenvalue weighted by Crippen LogP contribution is 2.42. The first kappa shape index (κ1) is 21.5. The van der Waals surface area contributed by atoms with Crippen molar-refractivity contribution < 1.29 is 18.1 Å². The Morgan fingerprint density at radius 3 is 2.39 bits per heavy atom. The molecule has 0 aromatic heterocycles. The molecule has 0 spiro atoms. The van der Waals surface area contributed by atoms with Gasteiger partial charge >= 0.3 is 0 Å². The molecule has 0 radical (unpaired) electrons. The number of nitro benzene ring substituents is 1. The van der Waals surface area contributed by atoms with Crippen LogP contribution < -0.4 is 9.21 Å². The number of nitro groups is 1. The summed E-state index contributed by atoms with van der Waals surface area (Å²) in [5.41, 5.74) is 0.865. The van der Waals surface area contributed by atoms with Gasteiger partial charge in [-0.1, -0.05) is 35.9 Å². The number of hydrogen-bond donors (Lipinski definition) is 0. The molecule has 11 heteroatoms. The lowest BCUT2D eigenvalue weighted by atomic mass is 10.1. The summed E-state index contributed by atoms with van der Waals surface area (Å²) >= 11 is 5.90. The van der Waals surface area contributed by atoms with E-state index in [0.717, 1.165) is 5.39 Å². The molecule has 0 bridgehead atoms. The number of carbonyl (C=O) groups excluding carboxylic acids is 1. The molecule has 0 unspecified atom stereocenters. The van der Waals surface area contributed by atoms with Gasteiger partial charge in [0.1, 0.15) is 12.2 Å². The quantitative estimate of drug-likeness (QED) is 0.414. The summed E-state index contributed by atoms with van der Waals surface area (Å²) in [6, 6.07) is 14.9. The summed E-state index contributed by atoms with van der Waals surface area (Å²) in [4.78, 5) is 27.6. The number of nitrogens with zero attached hydrogens (tertiary/aromatic N) is 4. The van der Waals surface area contributed by atoms with Gasteiger partial charge in [0.05, 0.1) is 15.5 Å². The van der Waals surface area contributed by atoms with Gasteiger partial charge in [-0.05, 0) is 29.7 Å². The van der Waals surface area contributed by atoms with E-state index >= 15 is 0 Å². The Hall–Kier alpha value is -3.37. The molecule has 1 amide bonds. The number of piperazine rings is 1. The Morgan fingerprint density at radius 2 is 1.70 bits per heavy atom. The molecule has 2 heterocycles. The number of rotatable bonds is 4. The SMILES string of the molecule is O=C(CN1c2cccc3cccc(c23)S1(=O)=O)N1CCN(c2ccc(Cl)cc2[N+](=O)[O-])CC1. The molecule has 0 aliphatic carbocycles. The summed E-state index contributed by atoms with van der Waals surface area (Å²) in [6.45, 7) is 1.12. The maximum atomic E-state index is 13.1. The summed E-state index contributed by atoms with van der Waals surface area (Å²) < 4.78 is 27.4. The summed E-state index contributed by atoms with van der Waals surface area (Å²) in [5, 5.41) is 13.1. The number of carbonyl (C=O) groups is 1. The van der Waals surface area contributed by atoms with Crippen LogP contribution in [0.3, 0.4) is 0 Å². The van der Waals surface area contributed by atoms with E-state index in [1.54, 1.807) is 41.3 Å². The summed E-state index contributed by atoms with van der Waals surface area (Å²) in [7, 11) is -3.82. The van der Waals surface area contributed by atoms with Gasteiger partial charge in [-0.25, -0.2) is 8.42 Å². The van der Waals surface area contributed by atoms with E-state index in [9.17, 15) is 23.3 Å². The van der Waals surface area contributed by atoms with Crippen LogP contribution in [0.15, 0.2) is 59.5 Å². The molecule has 0 N–H and O–H groups in total. The maximum Gasteiger partial charge on any atom is 0.294 e. The Labute approximate surface area is 195 Å². The van der Waals surface area contributed by atoms with E-state index in [2.05, 4.69) is 0 Å². The molecule has 0 atom stereocenters. The molecule has 2 aliphatic heterocycles. The highest BCUT2D eigenvalue weighted by atomic mass is 35.5. The third-order valence-corrected chi connectivity index (χ3v) is 8.10. The van der Waals surface area contributed by atoms with Crippen molar-refractivity contribution >= 4 is 55.4 Å². The molecule has 170 valence electrons. The van der Waals surface area contributed by atoms with Crippen molar-refractivity contribution in [1.82, 2.24) is 4.90 Å². The minimum absolute atomic E-state index is 0.0868. The second-order valence-corrected chi connectivity index (χ2v) is 10.2. The Morgan fingerprint density at radius 1 is 1.00 bits per heavy atom. The van der Waals surface area contributed by atoms with E-state index in [0.29, 0.717) is 42.9 Å². The van der Waals surface area contributed by atoms with Crippen molar-refractivity contribution in [3.8, 4) is 0 Å². The number of amides is 1. The minimum atomic E-state index is -3.82. The van der Waals surface area contributed by atoms with Crippen molar-refractivity contribution in [2.45, 2.75) is 4.90 Å². The lowest BCUT2D eigenvalue weighted by molar-refractivity contribution is -0.384. The second-order valence-electron chi connectivity index (χ2n) is 7.90. The van der Waals surface area contributed by atoms with E-state index in [1.165, 1.54) is 10.4 Å². The second kappa shape index (κ2) is 7.89. The van der Waals surface area contributed by atoms with E-state index < -0.39 is 14.9 Å². The first-order valence-electron chi connectivity index (χ1n) is 10.3. The predicted molar refractivity (Wildman–Crippen MR) is 125 cm³/mol. The maximum absolute atomic E-state index is 13.1. The molecule has 1 fully saturated rings. The van der Waals surface area contributed by atoms with Gasteiger partial charge in [-0.15, -0.1) is 0 Å². The molecule has 5 rings (SSSR count). The number of anilines is 2. The van der Waals surface area contributed by atoms with Crippen LogP contribution >= 0.6 is 11.6 Å². The third kappa shape index (κ3) is 3.55. The molecule has 2 aliphatic rings. The van der Waals surface area contributed by atoms with E-state index in [4.69, 9.17) is 11.6 Å². The average molecular weight is 487 g/mol. The molecule has 0 saturated carbocycles. The highest BCUT2D eigenvalue weighted by Gasteiger charge is 2.38. The average Bonchev–Trinajstić information content (AvgIpc) is 3.02. The van der Waals surface area contributed by atoms with Crippen molar-refractivity contribution in [3.05, 3.63) is 69.7 Å². The Balaban J connectivity index is 1.32. The topological polar surface area (TPSA) is 104 Å². The van der Waals surface area contributed by atoms with Crippen LogP contribution in [-0.2, 0) is 14.8 Å². The molecule has 3 aromatic rings. The molecule has 9 nitrogen and oxygen atoms in total. The fourth-order valence-corrected chi connectivity index (χ4v) is 6.28. The van der Waals surface area contributed by atoms with Gasteiger partial charge in [0.15, 0.2) is 0 Å². The molecule has 1 saturated heterocycles. The van der Waals surface area contributed by atoms with E-state index in [-0.39, 0.29) is 28.1 Å². The molecular weight excluding hydrogens is 468 g/mol. The standard InChI is InChI=1S/C22H19ClN4O5S/c23-16-7-8-17(19(13-16)27(29)30)24-9-11-25(12-10-24)21(28)14-26-18-5-1-3-15-4-2-6-20(22(15)18)33(26,31)32/h1-8,13H,9-12,14H2. The fourth-order valence-electron chi connectivity index (χ4n) is 4.46. The van der Waals surface area contributed by atoms with Gasteiger partial charge in [0, 0.05) is 42.7 Å². The van der Waals surface area contributed by atoms with Gasteiger partial charge in [-0.2, -0.15) is 0 Å². The molecular formula is C22H19ClN4O5S. The van der Waals surface area contributed by atoms with E-state index in [1.807, 2.05) is 17.0 Å². The summed E-state index contributed by atoms with van der Waals surface area (Å²) in [5.74, 6) is -0.311. The van der Waals surface area contributed by atoms with Crippen LogP contribution in [0.2, 0.25) is 5.02 Å². The zero-order valence-electron chi connectivity index (χ0n) is 17.3. The Bertz CT molecular complexity index is 1400. The largest absolute Gasteiger partial charge is 0.362 e. The normalized spacial score (nSPS) is 16.9. The third-order valence-electron chi connectivity index (χ3n) is 6.07. The van der Waals surface area contributed by atoms with Crippen LogP contribution in [0, 0.1) is 10.1 Å². The molecule has 33 heavy (non-hydrogen) atoms. The minimum Gasteiger partial charge on any atom is -0.362 e. The van der Waals surface area contributed by atoms with Gasteiger partial charge in [-0.3, -0.25) is 19.2 Å². The Kier molecular flexibility index (Phi) is 5.13. The predicted octanol–water partition coefficient (Wildman–Crippen LogP) is 3.26. The van der Waals surface area contributed by atoms with Gasteiger partial charge in [0.25, 0.3) is 15.7 Å². The van der Waals surface area contributed by atoms with Crippen molar-refractivity contribution in [2.75, 3.05) is 41.9 Å². The van der Waals surface area contributed by atoms with Gasteiger partial charge in [0.2, 0.25) is 5.91 Å². The fraction of sp³-hybridized carbons (Fsp3) is 0.227. The van der Waals surface area contributed by atoms with Crippen LogP contribution in [0.25, 0.3) is 10.8 Å². The van der Waals surface area contributed by atoms with Crippen LogP contribution in [-0.4, -0.2) is 56.9 Å². The zero-order chi connectivity index (χ0) is 23.3. The lowest BCUT2D eigenvalue weighted by Crippen LogP contribution is -2.51. The van der Waals surface area contributed by atoms with Crippen molar-refractivity contribution in [3.63, 3.8) is 0 Å². The lowest BCUT2D eigenvalue weighted by Gasteiger charge is -2.36. The highest BCUT2D eigenvalue weighted by molar-refractivity contribution is 7.93. The number of sulfonamides is 1. The number of hydrogen-bond acceptors (Lipinski definition) is 6. The summed E-state index contributed by atoms with van der Waals surface area (Å²) in [6.07, 6.45) is 0. The van der Waals surface area contributed by atoms with Crippen LogP contribution in [0.1, 0.15) is 0 Å². The monoisotopic (exact) mass is 486 g/mol. The van der Waals surface area contributed by atoms with Crippen molar-refractivity contribution in [1.29, 1.82) is 0 Å². The first-order valence-corrected chi connectivity index (χ1v) is 12.1. The van der Waals surface area contributed by atoms with Gasteiger partial charge < -0.3 is 9.80 Å². The number of benzene rings is 3. The van der Waals surface area contributed by atoms with Crippen molar-refractivity contribution in [2.24, 2.45) is 0 Å².